The molecule has 9 heteroatoms. The Morgan fingerprint density at radius 2 is 1.89 bits per heavy atom. The highest BCUT2D eigenvalue weighted by Crippen LogP contribution is 2.19. The van der Waals surface area contributed by atoms with Crippen molar-refractivity contribution in [3.8, 4) is 0 Å². The fourth-order valence-corrected chi connectivity index (χ4v) is 3.43. The molecule has 1 fully saturated rings. The standard InChI is InChI=1S/C19H20N6O3/c26-17(21-12-15-22-23-16-18(27)20-8-11-25(15)16)13-6-9-24(10-7-13)19(28)14-4-2-1-3-5-14/h1-5,8,11,13H,6-7,9-10,12H2,(H,20,27)(H,21,26). The highest BCUT2D eigenvalue weighted by Gasteiger charge is 2.27. The Morgan fingerprint density at radius 1 is 1.14 bits per heavy atom. The lowest BCUT2D eigenvalue weighted by Crippen LogP contribution is -2.43. The van der Waals surface area contributed by atoms with Gasteiger partial charge in [0, 0.05) is 37.0 Å². The van der Waals surface area contributed by atoms with E-state index < -0.39 is 0 Å². The number of carbonyl (C=O) groups is 2. The zero-order valence-electron chi connectivity index (χ0n) is 15.2. The lowest BCUT2D eigenvalue weighted by molar-refractivity contribution is -0.126. The van der Waals surface area contributed by atoms with Gasteiger partial charge >= 0.3 is 0 Å². The molecular weight excluding hydrogens is 360 g/mol. The molecule has 28 heavy (non-hydrogen) atoms. The number of carbonyl (C=O) groups excluding carboxylic acids is 2. The minimum atomic E-state index is -0.331. The van der Waals surface area contributed by atoms with Crippen LogP contribution in [0, 0.1) is 5.92 Å². The quantitative estimate of drug-likeness (QED) is 0.688. The van der Waals surface area contributed by atoms with Crippen molar-refractivity contribution in [1.82, 2.24) is 29.8 Å². The molecule has 3 heterocycles. The van der Waals surface area contributed by atoms with Crippen LogP contribution in [0.5, 0.6) is 0 Å². The van der Waals surface area contributed by atoms with Gasteiger partial charge in [0.15, 0.2) is 5.82 Å². The van der Waals surface area contributed by atoms with E-state index in [1.807, 2.05) is 18.2 Å². The van der Waals surface area contributed by atoms with Crippen molar-refractivity contribution < 1.29 is 9.59 Å². The van der Waals surface area contributed by atoms with Gasteiger partial charge in [-0.25, -0.2) is 0 Å². The third-order valence-corrected chi connectivity index (χ3v) is 5.00. The number of fused-ring (bicyclic) bond motifs is 1. The number of nitrogens with zero attached hydrogens (tertiary/aromatic N) is 4. The van der Waals surface area contributed by atoms with E-state index >= 15 is 0 Å². The van der Waals surface area contributed by atoms with Gasteiger partial charge in [-0.3, -0.25) is 18.8 Å². The lowest BCUT2D eigenvalue weighted by Gasteiger charge is -2.31. The van der Waals surface area contributed by atoms with Crippen molar-refractivity contribution in [3.05, 3.63) is 64.5 Å². The number of amides is 2. The molecule has 1 saturated heterocycles. The average molecular weight is 380 g/mol. The van der Waals surface area contributed by atoms with Crippen molar-refractivity contribution in [3.63, 3.8) is 0 Å². The maximum atomic E-state index is 12.5. The summed E-state index contributed by atoms with van der Waals surface area (Å²) < 4.78 is 1.56. The molecule has 2 amide bonds. The van der Waals surface area contributed by atoms with Gasteiger partial charge in [-0.2, -0.15) is 0 Å². The number of hydrogen-bond acceptors (Lipinski definition) is 5. The van der Waals surface area contributed by atoms with Crippen LogP contribution in [-0.4, -0.2) is 49.4 Å². The minimum absolute atomic E-state index is 0.000361. The van der Waals surface area contributed by atoms with Crippen LogP contribution in [-0.2, 0) is 11.3 Å². The van der Waals surface area contributed by atoms with E-state index in [0.29, 0.717) is 37.3 Å². The Bertz CT molecular complexity index is 1050. The van der Waals surface area contributed by atoms with Crippen LogP contribution in [0.15, 0.2) is 47.5 Å². The first-order valence-electron chi connectivity index (χ1n) is 9.17. The highest BCUT2D eigenvalue weighted by atomic mass is 16.2. The van der Waals surface area contributed by atoms with Crippen molar-refractivity contribution in [2.45, 2.75) is 19.4 Å². The number of piperidine rings is 1. The third-order valence-electron chi connectivity index (χ3n) is 5.00. The van der Waals surface area contributed by atoms with E-state index in [1.54, 1.807) is 27.6 Å². The van der Waals surface area contributed by atoms with Crippen molar-refractivity contribution in [1.29, 1.82) is 0 Å². The second-order valence-electron chi connectivity index (χ2n) is 6.75. The van der Waals surface area contributed by atoms with Gasteiger partial charge in [0.05, 0.1) is 6.54 Å². The summed E-state index contributed by atoms with van der Waals surface area (Å²) in [6.45, 7) is 1.29. The fraction of sp³-hybridized carbons (Fsp3) is 0.316. The molecule has 0 atom stereocenters. The maximum Gasteiger partial charge on any atom is 0.293 e. The summed E-state index contributed by atoms with van der Waals surface area (Å²) >= 11 is 0. The summed E-state index contributed by atoms with van der Waals surface area (Å²) in [5, 5.41) is 10.7. The van der Waals surface area contributed by atoms with E-state index in [1.165, 1.54) is 6.20 Å². The number of aromatic nitrogens is 4. The number of aromatic amines is 1. The summed E-state index contributed by atoms with van der Waals surface area (Å²) in [4.78, 5) is 41.0. The van der Waals surface area contributed by atoms with Crippen LogP contribution >= 0.6 is 0 Å². The lowest BCUT2D eigenvalue weighted by atomic mass is 9.95. The van der Waals surface area contributed by atoms with Crippen LogP contribution in [0.1, 0.15) is 29.0 Å². The maximum absolute atomic E-state index is 12.5. The van der Waals surface area contributed by atoms with Gasteiger partial charge in [-0.15, -0.1) is 10.2 Å². The zero-order valence-corrected chi connectivity index (χ0v) is 15.2. The SMILES string of the molecule is O=C(NCc1nnc2c(=O)[nH]ccn12)C1CCN(C(=O)c2ccccc2)CC1. The van der Waals surface area contributed by atoms with Gasteiger partial charge in [-0.05, 0) is 25.0 Å². The highest BCUT2D eigenvalue weighted by molar-refractivity contribution is 5.94. The third kappa shape index (κ3) is 3.51. The number of benzene rings is 1. The Morgan fingerprint density at radius 3 is 2.64 bits per heavy atom. The number of rotatable bonds is 4. The molecule has 0 saturated carbocycles. The van der Waals surface area contributed by atoms with Gasteiger partial charge in [0.25, 0.3) is 11.5 Å². The molecule has 2 N–H and O–H groups in total. The average Bonchev–Trinajstić information content (AvgIpc) is 3.17. The van der Waals surface area contributed by atoms with E-state index in [2.05, 4.69) is 20.5 Å². The van der Waals surface area contributed by atoms with E-state index in [4.69, 9.17) is 0 Å². The number of likely N-dealkylation sites (tertiary alicyclic amines) is 1. The predicted molar refractivity (Wildman–Crippen MR) is 101 cm³/mol. The number of hydrogen-bond donors (Lipinski definition) is 2. The predicted octanol–water partition coefficient (Wildman–Crippen LogP) is 0.586. The van der Waals surface area contributed by atoms with Crippen LogP contribution in [0.4, 0.5) is 0 Å². The second kappa shape index (κ2) is 7.63. The van der Waals surface area contributed by atoms with E-state index in [-0.39, 0.29) is 35.5 Å². The van der Waals surface area contributed by atoms with Crippen LogP contribution in [0.2, 0.25) is 0 Å². The Hall–Kier alpha value is -3.49. The fourth-order valence-electron chi connectivity index (χ4n) is 3.43. The molecule has 0 aliphatic carbocycles. The molecule has 0 unspecified atom stereocenters. The minimum Gasteiger partial charge on any atom is -0.349 e. The molecule has 3 aromatic rings. The molecule has 144 valence electrons. The van der Waals surface area contributed by atoms with Gasteiger partial charge in [0.2, 0.25) is 11.6 Å². The summed E-state index contributed by atoms with van der Waals surface area (Å²) in [5.41, 5.74) is 0.529. The number of nitrogens with one attached hydrogen (secondary N) is 2. The first-order valence-corrected chi connectivity index (χ1v) is 9.17. The van der Waals surface area contributed by atoms with E-state index in [9.17, 15) is 14.4 Å². The first-order chi connectivity index (χ1) is 13.6. The summed E-state index contributed by atoms with van der Waals surface area (Å²) in [7, 11) is 0. The van der Waals surface area contributed by atoms with Gasteiger partial charge in [-0.1, -0.05) is 18.2 Å². The monoisotopic (exact) mass is 380 g/mol. The molecular formula is C19H20N6O3. The largest absolute Gasteiger partial charge is 0.349 e. The van der Waals surface area contributed by atoms with Crippen molar-refractivity contribution in [2.24, 2.45) is 5.92 Å². The van der Waals surface area contributed by atoms with Crippen LogP contribution in [0.25, 0.3) is 5.65 Å². The van der Waals surface area contributed by atoms with Gasteiger partial charge < -0.3 is 15.2 Å². The molecule has 0 spiro atoms. The number of H-pyrrole nitrogens is 1. The molecule has 1 aliphatic heterocycles. The Balaban J connectivity index is 1.32. The zero-order chi connectivity index (χ0) is 19.5. The van der Waals surface area contributed by atoms with Gasteiger partial charge in [0.1, 0.15) is 0 Å². The Kier molecular flexibility index (Phi) is 4.88. The van der Waals surface area contributed by atoms with E-state index in [0.717, 1.165) is 0 Å². The molecule has 9 nitrogen and oxygen atoms in total. The molecule has 4 rings (SSSR count). The molecule has 0 bridgehead atoms. The van der Waals surface area contributed by atoms with Crippen LogP contribution in [0.3, 0.4) is 0 Å². The molecule has 2 aromatic heterocycles. The Labute approximate surface area is 160 Å². The second-order valence-corrected chi connectivity index (χ2v) is 6.75. The summed E-state index contributed by atoms with van der Waals surface area (Å²) in [6.07, 6.45) is 4.38. The first kappa shape index (κ1) is 17.9. The molecule has 1 aromatic carbocycles. The van der Waals surface area contributed by atoms with Crippen LogP contribution < -0.4 is 10.9 Å². The smallest absolute Gasteiger partial charge is 0.293 e. The molecule has 0 radical (unpaired) electrons. The summed E-state index contributed by atoms with van der Waals surface area (Å²) in [6, 6.07) is 9.16. The topological polar surface area (TPSA) is 112 Å². The van der Waals surface area contributed by atoms with Crippen molar-refractivity contribution in [2.75, 3.05) is 13.1 Å². The van der Waals surface area contributed by atoms with Crippen molar-refractivity contribution >= 4 is 17.5 Å². The summed E-state index contributed by atoms with van der Waals surface area (Å²) in [5.74, 6) is 0.265. The molecule has 1 aliphatic rings. The normalized spacial score (nSPS) is 14.9.